The maximum atomic E-state index is 5.77. The third-order valence-electron chi connectivity index (χ3n) is 1.54. The van der Waals surface area contributed by atoms with Crippen LogP contribution in [0.3, 0.4) is 0 Å². The van der Waals surface area contributed by atoms with Crippen molar-refractivity contribution in [3.8, 4) is 0 Å². The van der Waals surface area contributed by atoms with Gasteiger partial charge in [-0.15, -0.1) is 0 Å². The Morgan fingerprint density at radius 3 is 3.09 bits per heavy atom. The first kappa shape index (κ1) is 9.65. The molecule has 0 aliphatic carbocycles. The van der Waals surface area contributed by atoms with Gasteiger partial charge in [0, 0.05) is 13.0 Å². The molecular weight excluding hydrogens is 184 g/mol. The Morgan fingerprint density at radius 2 is 2.55 bits per heavy atom. The minimum absolute atomic E-state index is 0.289. The first-order chi connectivity index (χ1) is 5.33. The van der Waals surface area contributed by atoms with Crippen LogP contribution in [0.15, 0.2) is 0 Å². The Labute approximate surface area is 75.3 Å². The number of halogens is 1. The van der Waals surface area contributed by atoms with E-state index in [2.05, 4.69) is 6.92 Å². The van der Waals surface area contributed by atoms with Gasteiger partial charge in [0.15, 0.2) is 5.75 Å². The Bertz CT molecular complexity index is 102. The molecule has 1 aliphatic heterocycles. The fraction of sp³-hybridized carbons (Fsp3) is 1.00. The molecule has 66 valence electrons. The summed E-state index contributed by atoms with van der Waals surface area (Å²) in [5.74, 6) is 0.940. The Kier molecular flexibility index (Phi) is 4.60. The van der Waals surface area contributed by atoms with E-state index in [9.17, 15) is 0 Å². The molecule has 0 saturated carbocycles. The first-order valence-electron chi connectivity index (χ1n) is 3.95. The van der Waals surface area contributed by atoms with E-state index >= 15 is 0 Å². The van der Waals surface area contributed by atoms with Crippen LogP contribution < -0.4 is 0 Å². The highest BCUT2D eigenvalue weighted by molar-refractivity contribution is 8.14. The van der Waals surface area contributed by atoms with E-state index in [1.54, 1.807) is 0 Å². The van der Waals surface area contributed by atoms with E-state index in [1.165, 1.54) is 0 Å². The van der Waals surface area contributed by atoms with Crippen LogP contribution in [0.1, 0.15) is 19.8 Å². The van der Waals surface area contributed by atoms with Gasteiger partial charge in [-0.1, -0.05) is 6.92 Å². The number of ether oxygens (including phenoxy) is 1. The van der Waals surface area contributed by atoms with E-state index < -0.39 is 0 Å². The summed E-state index contributed by atoms with van der Waals surface area (Å²) in [6.45, 7) is 3.62. The fourth-order valence-corrected chi connectivity index (χ4v) is 2.22. The minimum Gasteiger partial charge on any atom is -0.375 e. The highest BCUT2D eigenvalue weighted by Crippen LogP contribution is 2.17. The fourth-order valence-electron chi connectivity index (χ4n) is 0.932. The molecule has 1 rings (SSSR count). The summed E-state index contributed by atoms with van der Waals surface area (Å²) in [4.78, 5) is 0. The van der Waals surface area contributed by atoms with Gasteiger partial charge in [0.05, 0.1) is 6.10 Å². The topological polar surface area (TPSA) is 18.5 Å². The maximum Gasteiger partial charge on any atom is 0.262 e. The molecule has 1 heterocycles. The Morgan fingerprint density at radius 1 is 1.73 bits per heavy atom. The molecule has 0 amide bonds. The molecule has 2 nitrogen and oxygen atoms in total. The van der Waals surface area contributed by atoms with Gasteiger partial charge in [-0.25, -0.2) is 0 Å². The highest BCUT2D eigenvalue weighted by atomic mass is 35.7. The van der Waals surface area contributed by atoms with Gasteiger partial charge in [-0.3, -0.25) is 0 Å². The summed E-state index contributed by atoms with van der Waals surface area (Å²) in [7, 11) is 5.44. The standard InChI is InChI=1S/C7H14ClO2S/c1-2-4-9-7-3-5-11(8)10-6-7/h7H,2-6H2,1H3/q+1. The summed E-state index contributed by atoms with van der Waals surface area (Å²) < 4.78 is 10.8. The lowest BCUT2D eigenvalue weighted by atomic mass is 10.3. The molecule has 0 aromatic heterocycles. The molecule has 0 N–H and O–H groups in total. The highest BCUT2D eigenvalue weighted by Gasteiger charge is 2.29. The minimum atomic E-state index is -0.324. The van der Waals surface area contributed by atoms with Crippen molar-refractivity contribution in [3.63, 3.8) is 0 Å². The number of rotatable bonds is 3. The first-order valence-corrected chi connectivity index (χ1v) is 6.09. The van der Waals surface area contributed by atoms with Crippen LogP contribution in [0.5, 0.6) is 0 Å². The molecule has 11 heavy (non-hydrogen) atoms. The summed E-state index contributed by atoms with van der Waals surface area (Å²) in [5, 5.41) is 0. The number of hydrogen-bond acceptors (Lipinski definition) is 2. The Balaban J connectivity index is 2.07. The van der Waals surface area contributed by atoms with E-state index in [0.29, 0.717) is 6.61 Å². The monoisotopic (exact) mass is 197 g/mol. The van der Waals surface area contributed by atoms with Crippen LogP contribution in [-0.4, -0.2) is 25.1 Å². The van der Waals surface area contributed by atoms with Crippen molar-refractivity contribution >= 4 is 21.1 Å². The van der Waals surface area contributed by atoms with Crippen LogP contribution in [0.4, 0.5) is 0 Å². The average molecular weight is 198 g/mol. The van der Waals surface area contributed by atoms with Crippen molar-refractivity contribution in [1.82, 2.24) is 0 Å². The molecule has 4 heteroatoms. The SMILES string of the molecule is CCCOC1CC[S+](Cl)OC1. The van der Waals surface area contributed by atoms with Crippen LogP contribution in [0.25, 0.3) is 0 Å². The zero-order valence-electron chi connectivity index (χ0n) is 6.72. The molecule has 0 aromatic carbocycles. The van der Waals surface area contributed by atoms with Crippen molar-refractivity contribution in [2.45, 2.75) is 25.9 Å². The van der Waals surface area contributed by atoms with Crippen LogP contribution in [0.2, 0.25) is 0 Å². The normalized spacial score (nSPS) is 32.2. The van der Waals surface area contributed by atoms with E-state index in [0.717, 1.165) is 25.2 Å². The van der Waals surface area contributed by atoms with Gasteiger partial charge in [0.2, 0.25) is 10.7 Å². The molecule has 0 radical (unpaired) electrons. The number of hydrogen-bond donors (Lipinski definition) is 0. The largest absolute Gasteiger partial charge is 0.375 e. The molecule has 1 fully saturated rings. The van der Waals surface area contributed by atoms with E-state index in [4.69, 9.17) is 19.6 Å². The van der Waals surface area contributed by atoms with Crippen LogP contribution >= 0.6 is 10.7 Å². The molecule has 1 aliphatic rings. The zero-order chi connectivity index (χ0) is 8.10. The summed E-state index contributed by atoms with van der Waals surface area (Å²) >= 11 is 0. The summed E-state index contributed by atoms with van der Waals surface area (Å²) in [6, 6.07) is 0. The zero-order valence-corrected chi connectivity index (χ0v) is 8.29. The molecular formula is C7H14ClO2S+. The van der Waals surface area contributed by atoms with Crippen LogP contribution in [0, 0.1) is 0 Å². The van der Waals surface area contributed by atoms with Crippen LogP contribution in [-0.2, 0) is 19.3 Å². The predicted octanol–water partition coefficient (Wildman–Crippen LogP) is 1.89. The third-order valence-corrected chi connectivity index (χ3v) is 3.22. The van der Waals surface area contributed by atoms with Gasteiger partial charge in [-0.2, -0.15) is 4.18 Å². The predicted molar refractivity (Wildman–Crippen MR) is 48.7 cm³/mol. The lowest BCUT2D eigenvalue weighted by Crippen LogP contribution is -2.29. The molecule has 1 saturated heterocycles. The van der Waals surface area contributed by atoms with Crippen molar-refractivity contribution in [2.75, 3.05) is 19.0 Å². The second-order valence-electron chi connectivity index (χ2n) is 2.56. The van der Waals surface area contributed by atoms with E-state index in [-0.39, 0.29) is 16.5 Å². The summed E-state index contributed by atoms with van der Waals surface area (Å²) in [6.07, 6.45) is 2.41. The molecule has 0 spiro atoms. The van der Waals surface area contributed by atoms with E-state index in [1.807, 2.05) is 0 Å². The lowest BCUT2D eigenvalue weighted by Gasteiger charge is -2.17. The lowest BCUT2D eigenvalue weighted by molar-refractivity contribution is 0.0171. The van der Waals surface area contributed by atoms with Crippen molar-refractivity contribution in [3.05, 3.63) is 0 Å². The third kappa shape index (κ3) is 3.65. The van der Waals surface area contributed by atoms with Crippen molar-refractivity contribution in [1.29, 1.82) is 0 Å². The molecule has 0 bridgehead atoms. The molecule has 0 aromatic rings. The van der Waals surface area contributed by atoms with Crippen molar-refractivity contribution < 1.29 is 8.92 Å². The Hall–Kier alpha value is 0.560. The average Bonchev–Trinajstić information content (AvgIpc) is 2.04. The summed E-state index contributed by atoms with van der Waals surface area (Å²) in [5.41, 5.74) is 0. The second-order valence-corrected chi connectivity index (χ2v) is 4.82. The maximum absolute atomic E-state index is 5.77. The van der Waals surface area contributed by atoms with Gasteiger partial charge < -0.3 is 4.74 Å². The van der Waals surface area contributed by atoms with Gasteiger partial charge >= 0.3 is 0 Å². The molecule has 2 unspecified atom stereocenters. The van der Waals surface area contributed by atoms with Gasteiger partial charge in [-0.05, 0) is 6.42 Å². The molecule has 2 atom stereocenters. The van der Waals surface area contributed by atoms with Gasteiger partial charge in [0.25, 0.3) is 10.4 Å². The van der Waals surface area contributed by atoms with Gasteiger partial charge in [0.1, 0.15) is 6.61 Å². The second kappa shape index (κ2) is 5.25. The quantitative estimate of drug-likeness (QED) is 0.644. The smallest absolute Gasteiger partial charge is 0.262 e. The van der Waals surface area contributed by atoms with Crippen molar-refractivity contribution in [2.24, 2.45) is 0 Å².